The first-order chi connectivity index (χ1) is 13.7. The lowest BCUT2D eigenvalue weighted by Crippen LogP contribution is -2.24. The minimum atomic E-state index is -0.0442. The van der Waals surface area contributed by atoms with Gasteiger partial charge in [0.2, 0.25) is 5.91 Å². The van der Waals surface area contributed by atoms with Gasteiger partial charge in [-0.2, -0.15) is 0 Å². The molecule has 0 aliphatic heterocycles. The zero-order valence-corrected chi connectivity index (χ0v) is 17.0. The Balaban J connectivity index is 1.33. The van der Waals surface area contributed by atoms with Gasteiger partial charge in [-0.05, 0) is 6.92 Å². The van der Waals surface area contributed by atoms with Crippen LogP contribution in [-0.2, 0) is 17.8 Å². The quantitative estimate of drug-likeness (QED) is 0.485. The molecule has 0 bridgehead atoms. The van der Waals surface area contributed by atoms with E-state index in [-0.39, 0.29) is 12.3 Å². The monoisotopic (exact) mass is 405 g/mol. The maximum absolute atomic E-state index is 12.3. The topological polar surface area (TPSA) is 54.9 Å². The lowest BCUT2D eigenvalue weighted by atomic mass is 10.2. The Bertz CT molecular complexity index is 1070. The van der Waals surface area contributed by atoms with E-state index < -0.39 is 0 Å². The predicted octanol–water partition coefficient (Wildman–Crippen LogP) is 5.10. The van der Waals surface area contributed by atoms with Gasteiger partial charge in [0.1, 0.15) is 10.0 Å². The normalized spacial score (nSPS) is 10.8. The van der Waals surface area contributed by atoms with Crippen LogP contribution in [0.3, 0.4) is 0 Å². The standard InChI is InChI=1S/C22H19N3OS2/c1-15-7-9-17(10-8-15)22-24-18(13-28-22)11-20(26)23-12-21-25-19(14-27-21)16-5-3-2-4-6-16/h2-10,13-14H,11-12H2,1H3,(H,23,26). The van der Waals surface area contributed by atoms with Crippen LogP contribution in [0.2, 0.25) is 0 Å². The summed E-state index contributed by atoms with van der Waals surface area (Å²) in [6, 6.07) is 18.3. The predicted molar refractivity (Wildman–Crippen MR) is 115 cm³/mol. The smallest absolute Gasteiger partial charge is 0.226 e. The van der Waals surface area contributed by atoms with Crippen LogP contribution in [0.1, 0.15) is 16.3 Å². The highest BCUT2D eigenvalue weighted by Gasteiger charge is 2.10. The fourth-order valence-corrected chi connectivity index (χ4v) is 4.32. The Morgan fingerprint density at radius 1 is 0.929 bits per heavy atom. The molecule has 0 aliphatic rings. The molecule has 0 spiro atoms. The first kappa shape index (κ1) is 18.5. The molecule has 4 rings (SSSR count). The molecule has 2 aromatic carbocycles. The van der Waals surface area contributed by atoms with Crippen molar-refractivity contribution in [3.8, 4) is 21.8 Å². The summed E-state index contributed by atoms with van der Waals surface area (Å²) in [6.45, 7) is 2.50. The molecule has 1 N–H and O–H groups in total. The molecule has 2 heterocycles. The summed E-state index contributed by atoms with van der Waals surface area (Å²) in [5, 5.41) is 8.75. The first-order valence-corrected chi connectivity index (χ1v) is 10.7. The third-order valence-corrected chi connectivity index (χ3v) is 6.04. The third kappa shape index (κ3) is 4.52. The van der Waals surface area contributed by atoms with Crippen molar-refractivity contribution in [1.29, 1.82) is 0 Å². The van der Waals surface area contributed by atoms with Crippen molar-refractivity contribution in [3.63, 3.8) is 0 Å². The van der Waals surface area contributed by atoms with Crippen molar-refractivity contribution in [2.75, 3.05) is 0 Å². The summed E-state index contributed by atoms with van der Waals surface area (Å²) in [4.78, 5) is 21.5. The van der Waals surface area contributed by atoms with Crippen LogP contribution < -0.4 is 5.32 Å². The summed E-state index contributed by atoms with van der Waals surface area (Å²) in [6.07, 6.45) is 0.277. The number of thiazole rings is 2. The van der Waals surface area contributed by atoms with E-state index in [1.807, 2.05) is 41.1 Å². The lowest BCUT2D eigenvalue weighted by Gasteiger charge is -2.01. The molecule has 2 aromatic heterocycles. The van der Waals surface area contributed by atoms with Crippen LogP contribution in [0.4, 0.5) is 0 Å². The number of carbonyl (C=O) groups is 1. The first-order valence-electron chi connectivity index (χ1n) is 8.95. The van der Waals surface area contributed by atoms with Crippen molar-refractivity contribution < 1.29 is 4.79 Å². The van der Waals surface area contributed by atoms with E-state index in [4.69, 9.17) is 0 Å². The van der Waals surface area contributed by atoms with Crippen LogP contribution in [0.25, 0.3) is 21.8 Å². The molecule has 0 radical (unpaired) electrons. The Hall–Kier alpha value is -2.83. The number of nitrogens with zero attached hydrogens (tertiary/aromatic N) is 2. The molecular formula is C22H19N3OS2. The highest BCUT2D eigenvalue weighted by atomic mass is 32.1. The molecule has 0 saturated heterocycles. The van der Waals surface area contributed by atoms with Gasteiger partial charge in [-0.25, -0.2) is 9.97 Å². The maximum Gasteiger partial charge on any atom is 0.226 e. The zero-order valence-electron chi connectivity index (χ0n) is 15.4. The van der Waals surface area contributed by atoms with Gasteiger partial charge in [0.15, 0.2) is 0 Å². The van der Waals surface area contributed by atoms with E-state index >= 15 is 0 Å². The zero-order chi connectivity index (χ0) is 19.3. The average molecular weight is 406 g/mol. The van der Waals surface area contributed by atoms with Crippen molar-refractivity contribution in [3.05, 3.63) is 81.6 Å². The fourth-order valence-electron chi connectivity index (χ4n) is 2.75. The van der Waals surface area contributed by atoms with E-state index in [0.717, 1.165) is 32.5 Å². The second kappa shape index (κ2) is 8.46. The van der Waals surface area contributed by atoms with Crippen molar-refractivity contribution in [1.82, 2.24) is 15.3 Å². The second-order valence-electron chi connectivity index (χ2n) is 6.46. The fraction of sp³-hybridized carbons (Fsp3) is 0.136. The number of amides is 1. The minimum absolute atomic E-state index is 0.0442. The van der Waals surface area contributed by atoms with Gasteiger partial charge >= 0.3 is 0 Å². The molecule has 4 aromatic rings. The van der Waals surface area contributed by atoms with Gasteiger partial charge in [0.25, 0.3) is 0 Å². The van der Waals surface area contributed by atoms with Crippen molar-refractivity contribution in [2.45, 2.75) is 19.9 Å². The molecule has 0 atom stereocenters. The summed E-state index contributed by atoms with van der Waals surface area (Å²) < 4.78 is 0. The van der Waals surface area contributed by atoms with Crippen LogP contribution in [0.15, 0.2) is 65.4 Å². The Labute approximate surface area is 171 Å². The van der Waals surface area contributed by atoms with Crippen LogP contribution in [0.5, 0.6) is 0 Å². The molecule has 140 valence electrons. The molecule has 0 aliphatic carbocycles. The number of hydrogen-bond acceptors (Lipinski definition) is 5. The molecule has 4 nitrogen and oxygen atoms in total. The van der Waals surface area contributed by atoms with Gasteiger partial charge in [0.05, 0.1) is 24.4 Å². The van der Waals surface area contributed by atoms with Gasteiger partial charge in [-0.1, -0.05) is 60.2 Å². The maximum atomic E-state index is 12.3. The molecule has 28 heavy (non-hydrogen) atoms. The Morgan fingerprint density at radius 2 is 1.71 bits per heavy atom. The molecular weight excluding hydrogens is 386 g/mol. The number of carbonyl (C=O) groups excluding carboxylic acids is 1. The Kier molecular flexibility index (Phi) is 5.60. The van der Waals surface area contributed by atoms with Crippen LogP contribution >= 0.6 is 22.7 Å². The molecule has 0 unspecified atom stereocenters. The van der Waals surface area contributed by atoms with E-state index in [1.165, 1.54) is 5.56 Å². The highest BCUT2D eigenvalue weighted by molar-refractivity contribution is 7.13. The average Bonchev–Trinajstić information content (AvgIpc) is 3.37. The lowest BCUT2D eigenvalue weighted by molar-refractivity contribution is -0.120. The van der Waals surface area contributed by atoms with Crippen LogP contribution in [0, 0.1) is 6.92 Å². The largest absolute Gasteiger partial charge is 0.349 e. The van der Waals surface area contributed by atoms with Gasteiger partial charge < -0.3 is 5.32 Å². The number of aromatic nitrogens is 2. The molecule has 6 heteroatoms. The van der Waals surface area contributed by atoms with Gasteiger partial charge in [-0.15, -0.1) is 22.7 Å². The van der Waals surface area contributed by atoms with E-state index in [2.05, 4.69) is 46.5 Å². The summed E-state index contributed by atoms with van der Waals surface area (Å²) in [7, 11) is 0. The van der Waals surface area contributed by atoms with Gasteiger partial charge in [-0.3, -0.25) is 4.79 Å². The van der Waals surface area contributed by atoms with Gasteiger partial charge in [0, 0.05) is 21.9 Å². The van der Waals surface area contributed by atoms with E-state index in [0.29, 0.717) is 6.54 Å². The Morgan fingerprint density at radius 3 is 2.50 bits per heavy atom. The molecule has 0 saturated carbocycles. The summed E-state index contributed by atoms with van der Waals surface area (Å²) in [5.74, 6) is -0.0442. The molecule has 1 amide bonds. The van der Waals surface area contributed by atoms with Crippen LogP contribution in [-0.4, -0.2) is 15.9 Å². The highest BCUT2D eigenvalue weighted by Crippen LogP contribution is 2.24. The number of aryl methyl sites for hydroxylation is 1. The number of hydrogen-bond donors (Lipinski definition) is 1. The minimum Gasteiger partial charge on any atom is -0.349 e. The number of rotatable bonds is 6. The number of benzene rings is 2. The third-order valence-electron chi connectivity index (χ3n) is 4.25. The number of nitrogens with one attached hydrogen (secondary N) is 1. The molecule has 0 fully saturated rings. The van der Waals surface area contributed by atoms with E-state index in [1.54, 1.807) is 22.7 Å². The van der Waals surface area contributed by atoms with Crippen molar-refractivity contribution in [2.24, 2.45) is 0 Å². The second-order valence-corrected chi connectivity index (χ2v) is 8.26. The summed E-state index contributed by atoms with van der Waals surface area (Å²) >= 11 is 3.12. The SMILES string of the molecule is Cc1ccc(-c2nc(CC(=O)NCc3nc(-c4ccccc4)cs3)cs2)cc1. The van der Waals surface area contributed by atoms with Crippen molar-refractivity contribution >= 4 is 28.6 Å². The van der Waals surface area contributed by atoms with E-state index in [9.17, 15) is 4.79 Å². The summed E-state index contributed by atoms with van der Waals surface area (Å²) in [5.41, 5.74) is 5.12.